The maximum Gasteiger partial charge on any atom is 0.323 e. The van der Waals surface area contributed by atoms with E-state index in [2.05, 4.69) is 16.3 Å². The minimum atomic E-state index is -0.467. The van der Waals surface area contributed by atoms with Crippen molar-refractivity contribution in [2.45, 2.75) is 0 Å². The summed E-state index contributed by atoms with van der Waals surface area (Å²) in [6.45, 7) is 3.62. The fourth-order valence-corrected chi connectivity index (χ4v) is 0.353. The van der Waals surface area contributed by atoms with E-state index < -0.39 is 5.97 Å². The number of hydrogen-bond acceptors (Lipinski definition) is 4. The molecule has 0 saturated heterocycles. The van der Waals surface area contributed by atoms with Crippen LogP contribution in [0.2, 0.25) is 0 Å². The Kier molecular flexibility index (Phi) is 4.78. The Morgan fingerprint density at radius 3 is 2.82 bits per heavy atom. The normalized spacial score (nSPS) is 8.00. The van der Waals surface area contributed by atoms with Crippen molar-refractivity contribution in [2.75, 3.05) is 13.2 Å². The molecule has 0 unspecified atom stereocenters. The zero-order valence-corrected chi connectivity index (χ0v) is 6.29. The van der Waals surface area contributed by atoms with E-state index in [9.17, 15) is 9.59 Å². The SMILES string of the molecule is BC(=C)C(=O)OCCN=C=O. The molecule has 0 aliphatic rings. The lowest BCUT2D eigenvalue weighted by Gasteiger charge is -1.99. The third kappa shape index (κ3) is 5.12. The van der Waals surface area contributed by atoms with Crippen LogP contribution in [0.3, 0.4) is 0 Å². The summed E-state index contributed by atoms with van der Waals surface area (Å²) in [7, 11) is 1.55. The molecule has 0 aromatic rings. The Hall–Kier alpha value is -1.35. The lowest BCUT2D eigenvalue weighted by Crippen LogP contribution is -2.09. The average molecular weight is 153 g/mol. The zero-order chi connectivity index (χ0) is 8.69. The molecule has 0 aliphatic heterocycles. The van der Waals surface area contributed by atoms with E-state index in [-0.39, 0.29) is 13.2 Å². The summed E-state index contributed by atoms with van der Waals surface area (Å²) >= 11 is 0. The maximum absolute atomic E-state index is 10.6. The van der Waals surface area contributed by atoms with Gasteiger partial charge in [0, 0.05) is 0 Å². The van der Waals surface area contributed by atoms with E-state index >= 15 is 0 Å². The number of isocyanates is 1. The second kappa shape index (κ2) is 5.44. The topological polar surface area (TPSA) is 55.7 Å². The van der Waals surface area contributed by atoms with Crippen LogP contribution in [0.25, 0.3) is 0 Å². The van der Waals surface area contributed by atoms with Gasteiger partial charge in [-0.1, -0.05) is 6.58 Å². The van der Waals surface area contributed by atoms with Gasteiger partial charge in [0.1, 0.15) is 14.5 Å². The zero-order valence-electron chi connectivity index (χ0n) is 6.29. The molecule has 58 valence electrons. The molecule has 0 aliphatic carbocycles. The molecule has 0 bridgehead atoms. The second-order valence-corrected chi connectivity index (χ2v) is 1.89. The number of carbonyl (C=O) groups excluding carboxylic acids is 2. The molecule has 5 heteroatoms. The number of carbonyl (C=O) groups is 1. The van der Waals surface area contributed by atoms with Gasteiger partial charge in [0.2, 0.25) is 6.08 Å². The van der Waals surface area contributed by atoms with Gasteiger partial charge >= 0.3 is 5.97 Å². The highest BCUT2D eigenvalue weighted by Gasteiger charge is 2.00. The molecule has 0 amide bonds. The predicted molar refractivity (Wildman–Crippen MR) is 41.6 cm³/mol. The van der Waals surface area contributed by atoms with Crippen LogP contribution in [0.15, 0.2) is 17.0 Å². The Balaban J connectivity index is 3.47. The first-order chi connectivity index (χ1) is 5.18. The van der Waals surface area contributed by atoms with Crippen molar-refractivity contribution < 1.29 is 14.3 Å². The molecular formula is C6H8BNO3. The van der Waals surface area contributed by atoms with Crippen LogP contribution >= 0.6 is 0 Å². The third-order valence-corrected chi connectivity index (χ3v) is 0.849. The number of hydrogen-bond donors (Lipinski definition) is 0. The fourth-order valence-electron chi connectivity index (χ4n) is 0.353. The number of esters is 1. The highest BCUT2D eigenvalue weighted by molar-refractivity contribution is 6.34. The number of rotatable bonds is 4. The Bertz CT molecular complexity index is 208. The molecule has 0 radical (unpaired) electrons. The van der Waals surface area contributed by atoms with Gasteiger partial charge in [-0.05, 0) is 5.47 Å². The molecule has 0 N–H and O–H groups in total. The van der Waals surface area contributed by atoms with Gasteiger partial charge in [-0.25, -0.2) is 14.6 Å². The number of nitrogens with zero attached hydrogens (tertiary/aromatic N) is 1. The van der Waals surface area contributed by atoms with E-state index in [0.29, 0.717) is 5.47 Å². The van der Waals surface area contributed by atoms with Gasteiger partial charge in [0.15, 0.2) is 0 Å². The minimum Gasteiger partial charge on any atom is -0.461 e. The van der Waals surface area contributed by atoms with E-state index in [0.717, 1.165) is 0 Å². The first-order valence-corrected chi connectivity index (χ1v) is 3.04. The van der Waals surface area contributed by atoms with Crippen molar-refractivity contribution >= 4 is 19.9 Å². The fraction of sp³-hybridized carbons (Fsp3) is 0.333. The molecule has 0 atom stereocenters. The molecule has 0 fully saturated rings. The molecule has 11 heavy (non-hydrogen) atoms. The van der Waals surface area contributed by atoms with Gasteiger partial charge in [-0.2, -0.15) is 0 Å². The third-order valence-electron chi connectivity index (χ3n) is 0.849. The summed E-state index contributed by atoms with van der Waals surface area (Å²) in [5, 5.41) is 0. The minimum absolute atomic E-state index is 0.0981. The summed E-state index contributed by atoms with van der Waals surface area (Å²) in [6, 6.07) is 0. The summed E-state index contributed by atoms with van der Waals surface area (Å²) in [4.78, 5) is 23.4. The average Bonchev–Trinajstić information content (AvgIpc) is 1.97. The highest BCUT2D eigenvalue weighted by atomic mass is 16.5. The van der Waals surface area contributed by atoms with Crippen molar-refractivity contribution in [2.24, 2.45) is 4.99 Å². The van der Waals surface area contributed by atoms with Gasteiger partial charge in [-0.3, -0.25) is 0 Å². The van der Waals surface area contributed by atoms with Crippen molar-refractivity contribution in [3.63, 3.8) is 0 Å². The van der Waals surface area contributed by atoms with Crippen molar-refractivity contribution in [1.82, 2.24) is 0 Å². The van der Waals surface area contributed by atoms with Crippen LogP contribution in [0.1, 0.15) is 0 Å². The van der Waals surface area contributed by atoms with Crippen molar-refractivity contribution in [1.29, 1.82) is 0 Å². The molecule has 0 saturated carbocycles. The first kappa shape index (κ1) is 9.65. The van der Waals surface area contributed by atoms with Crippen LogP contribution in [0.5, 0.6) is 0 Å². The molecule has 0 spiro atoms. The summed E-state index contributed by atoms with van der Waals surface area (Å²) in [5.41, 5.74) is 0.333. The van der Waals surface area contributed by atoms with E-state index in [1.165, 1.54) is 6.08 Å². The highest BCUT2D eigenvalue weighted by Crippen LogP contribution is 1.86. The smallest absolute Gasteiger partial charge is 0.323 e. The molecule has 0 heterocycles. The summed E-state index contributed by atoms with van der Waals surface area (Å²) in [6.07, 6.45) is 1.33. The van der Waals surface area contributed by atoms with Crippen LogP contribution in [0.4, 0.5) is 0 Å². The van der Waals surface area contributed by atoms with Crippen LogP contribution in [-0.4, -0.2) is 33.0 Å². The number of aliphatic imine (C=N–C) groups is 1. The standard InChI is InChI=1S/C6H8BNO3/c1-5(7)6(10)11-3-2-8-4-9/h1-3,7H2. The van der Waals surface area contributed by atoms with Crippen molar-refractivity contribution in [3.05, 3.63) is 12.1 Å². The molecule has 0 aromatic carbocycles. The Labute approximate surface area is 65.4 Å². The molecule has 0 rings (SSSR count). The van der Waals surface area contributed by atoms with E-state index in [1.807, 2.05) is 0 Å². The largest absolute Gasteiger partial charge is 0.461 e. The van der Waals surface area contributed by atoms with E-state index in [4.69, 9.17) is 0 Å². The van der Waals surface area contributed by atoms with E-state index in [1.54, 1.807) is 7.85 Å². The van der Waals surface area contributed by atoms with Gasteiger partial charge in [0.05, 0.1) is 6.54 Å². The Morgan fingerprint density at radius 1 is 1.73 bits per heavy atom. The molecule has 0 aromatic heterocycles. The van der Waals surface area contributed by atoms with Crippen LogP contribution in [-0.2, 0) is 14.3 Å². The quantitative estimate of drug-likeness (QED) is 0.130. The predicted octanol–water partition coefficient (Wildman–Crippen LogP) is -0.988. The monoisotopic (exact) mass is 153 g/mol. The summed E-state index contributed by atoms with van der Waals surface area (Å²) < 4.78 is 4.59. The van der Waals surface area contributed by atoms with Crippen LogP contribution < -0.4 is 0 Å². The Morgan fingerprint density at radius 2 is 2.36 bits per heavy atom. The summed E-state index contributed by atoms with van der Waals surface area (Å²) in [5.74, 6) is -0.467. The maximum atomic E-state index is 10.6. The van der Waals surface area contributed by atoms with Gasteiger partial charge < -0.3 is 4.74 Å². The first-order valence-electron chi connectivity index (χ1n) is 3.04. The lowest BCUT2D eigenvalue weighted by molar-refractivity contribution is -0.137. The van der Waals surface area contributed by atoms with Crippen molar-refractivity contribution in [3.8, 4) is 0 Å². The second-order valence-electron chi connectivity index (χ2n) is 1.89. The van der Waals surface area contributed by atoms with Gasteiger partial charge in [-0.15, -0.1) is 0 Å². The lowest BCUT2D eigenvalue weighted by atomic mass is 9.99. The molecular weight excluding hydrogens is 145 g/mol. The molecule has 4 nitrogen and oxygen atoms in total. The number of ether oxygens (including phenoxy) is 1. The van der Waals surface area contributed by atoms with Crippen LogP contribution in [0, 0.1) is 0 Å². The van der Waals surface area contributed by atoms with Gasteiger partial charge in [0.25, 0.3) is 0 Å².